The molecule has 4 N–H and O–H groups in total. The van der Waals surface area contributed by atoms with Crippen molar-refractivity contribution in [1.82, 2.24) is 15.4 Å². The molecule has 0 unspecified atom stereocenters. The Bertz CT molecular complexity index is 318. The fraction of sp³-hybridized carbons (Fsp3) is 0.200. The van der Waals surface area contributed by atoms with Gasteiger partial charge in [-0.05, 0) is 0 Å². The van der Waals surface area contributed by atoms with E-state index in [1.807, 2.05) is 0 Å². The molecule has 5 nitrogen and oxygen atoms in total. The molecule has 0 aliphatic heterocycles. The zero-order chi connectivity index (χ0) is 8.27. The molecule has 1 rings (SSSR count). The number of hydrazine groups is 1. The van der Waals surface area contributed by atoms with Crippen LogP contribution in [0.2, 0.25) is 0 Å². The highest BCUT2D eigenvalue weighted by molar-refractivity contribution is 7.71. The molecule has 0 aliphatic carbocycles. The molecule has 0 saturated carbocycles. The maximum atomic E-state index is 5.47. The van der Waals surface area contributed by atoms with Gasteiger partial charge in [-0.1, -0.05) is 18.1 Å². The summed E-state index contributed by atoms with van der Waals surface area (Å²) in [5.74, 6) is 8.30. The zero-order valence-electron chi connectivity index (χ0n) is 5.66. The first kappa shape index (κ1) is 7.78. The van der Waals surface area contributed by atoms with E-state index in [0.717, 1.165) is 0 Å². The minimum Gasteiger partial charge on any atom is -0.279 e. The summed E-state index contributed by atoms with van der Waals surface area (Å²) in [6, 6.07) is 0. The smallest absolute Gasteiger partial charge is 0.201 e. The molecule has 0 bridgehead atoms. The molecule has 11 heavy (non-hydrogen) atoms. The summed E-state index contributed by atoms with van der Waals surface area (Å²) in [5.41, 5.74) is 0. The summed E-state index contributed by atoms with van der Waals surface area (Å²) >= 11 is 4.84. The Balaban J connectivity index is 2.86. The summed E-state index contributed by atoms with van der Waals surface area (Å²) in [7, 11) is 0. The normalized spacial score (nSPS) is 9.09. The van der Waals surface area contributed by atoms with Crippen molar-refractivity contribution in [3.05, 3.63) is 4.64 Å². The Hall–Kier alpha value is -1.32. The number of aromatic nitrogens is 3. The van der Waals surface area contributed by atoms with E-state index in [9.17, 15) is 0 Å². The van der Waals surface area contributed by atoms with Crippen molar-refractivity contribution in [2.75, 3.05) is 11.6 Å². The van der Waals surface area contributed by atoms with E-state index in [4.69, 9.17) is 24.5 Å². The molecule has 0 aliphatic rings. The number of hydrogen-bond donors (Lipinski definition) is 3. The second-order valence-electron chi connectivity index (χ2n) is 1.83. The van der Waals surface area contributed by atoms with Gasteiger partial charge in [0.2, 0.25) is 5.82 Å². The fourth-order valence-electron chi connectivity index (χ4n) is 0.606. The molecular weight excluding hydrogens is 162 g/mol. The number of terminal acetylenes is 1. The van der Waals surface area contributed by atoms with Gasteiger partial charge in [0.15, 0.2) is 4.64 Å². The number of rotatable bonds is 2. The van der Waals surface area contributed by atoms with Gasteiger partial charge in [0.25, 0.3) is 0 Å². The molecule has 0 saturated heterocycles. The summed E-state index contributed by atoms with van der Waals surface area (Å²) in [6.07, 6.45) is 5.03. The van der Waals surface area contributed by atoms with E-state index in [2.05, 4.69) is 21.3 Å². The van der Waals surface area contributed by atoms with Crippen molar-refractivity contribution >= 4 is 18.0 Å². The lowest BCUT2D eigenvalue weighted by atomic mass is 10.6. The second-order valence-corrected chi connectivity index (χ2v) is 2.24. The zero-order valence-corrected chi connectivity index (χ0v) is 6.48. The van der Waals surface area contributed by atoms with Crippen molar-refractivity contribution in [3.8, 4) is 12.3 Å². The van der Waals surface area contributed by atoms with Crippen LogP contribution in [0.25, 0.3) is 0 Å². The van der Waals surface area contributed by atoms with E-state index in [-0.39, 0.29) is 6.54 Å². The summed E-state index contributed by atoms with van der Waals surface area (Å²) in [6.45, 7) is 0.280. The lowest BCUT2D eigenvalue weighted by Crippen LogP contribution is -2.31. The van der Waals surface area contributed by atoms with Crippen molar-refractivity contribution in [2.45, 2.75) is 0 Å². The van der Waals surface area contributed by atoms with Crippen molar-refractivity contribution in [3.63, 3.8) is 0 Å². The van der Waals surface area contributed by atoms with Crippen LogP contribution < -0.4 is 10.9 Å². The van der Waals surface area contributed by atoms with Gasteiger partial charge < -0.3 is 0 Å². The highest BCUT2D eigenvalue weighted by Gasteiger charge is 2.03. The molecule has 1 aromatic rings. The molecule has 0 spiro atoms. The number of nitrogens with one attached hydrogen (secondary N) is 2. The van der Waals surface area contributed by atoms with Crippen LogP contribution in [0, 0.1) is 17.0 Å². The minimum atomic E-state index is 0.280. The molecule has 58 valence electrons. The van der Waals surface area contributed by atoms with Gasteiger partial charge in [-0.2, -0.15) is 0 Å². The van der Waals surface area contributed by atoms with Crippen molar-refractivity contribution < 1.29 is 0 Å². The minimum absolute atomic E-state index is 0.280. The molecule has 1 heterocycles. The Morgan fingerprint density at radius 3 is 3.00 bits per heavy atom. The summed E-state index contributed by atoms with van der Waals surface area (Å²) in [5, 5.41) is 10.1. The molecular formula is C5H7N5S. The Morgan fingerprint density at radius 2 is 2.55 bits per heavy atom. The Morgan fingerprint density at radius 1 is 1.82 bits per heavy atom. The topological polar surface area (TPSA) is 73.7 Å². The quantitative estimate of drug-likeness (QED) is 0.248. The van der Waals surface area contributed by atoms with Crippen molar-refractivity contribution in [1.29, 1.82) is 0 Å². The first-order valence-corrected chi connectivity index (χ1v) is 3.25. The Kier molecular flexibility index (Phi) is 2.25. The summed E-state index contributed by atoms with van der Waals surface area (Å²) < 4.78 is 0.447. The molecule has 0 atom stereocenters. The highest BCUT2D eigenvalue weighted by atomic mass is 32.1. The van der Waals surface area contributed by atoms with Crippen LogP contribution in [0.15, 0.2) is 0 Å². The van der Waals surface area contributed by atoms with Crippen LogP contribution in [-0.4, -0.2) is 22.0 Å². The van der Waals surface area contributed by atoms with E-state index >= 15 is 0 Å². The average molecular weight is 169 g/mol. The first-order chi connectivity index (χ1) is 5.25. The van der Waals surface area contributed by atoms with Crippen molar-refractivity contribution in [2.24, 2.45) is 5.84 Å². The lowest BCUT2D eigenvalue weighted by molar-refractivity contribution is 0.887. The van der Waals surface area contributed by atoms with Gasteiger partial charge in [0.1, 0.15) is 0 Å². The monoisotopic (exact) mass is 169 g/mol. The lowest BCUT2D eigenvalue weighted by Gasteiger charge is -2.09. The SMILES string of the molecule is C#CCN(N)c1n[nH][nH]c1=S. The predicted octanol–water partition coefficient (Wildman–Crippen LogP) is -0.219. The number of nitrogens with two attached hydrogens (primary N) is 1. The molecule has 0 fully saturated rings. The maximum absolute atomic E-state index is 5.47. The number of hydrogen-bond acceptors (Lipinski definition) is 4. The predicted molar refractivity (Wildman–Crippen MR) is 44.1 cm³/mol. The number of nitrogens with zero attached hydrogens (tertiary/aromatic N) is 2. The third-order valence-corrected chi connectivity index (χ3v) is 1.35. The first-order valence-electron chi connectivity index (χ1n) is 2.84. The highest BCUT2D eigenvalue weighted by Crippen LogP contribution is 2.03. The van der Waals surface area contributed by atoms with Gasteiger partial charge in [0, 0.05) is 0 Å². The van der Waals surface area contributed by atoms with Gasteiger partial charge in [0.05, 0.1) is 6.54 Å². The van der Waals surface area contributed by atoms with Crippen LogP contribution >= 0.6 is 12.2 Å². The molecule has 6 heteroatoms. The standard InChI is InChI=1S/C5H7N5S/c1-2-3-10(6)4-5(11)8-9-7-4/h1H,3,6H2,(H2,7,8,9,11). The van der Waals surface area contributed by atoms with Gasteiger partial charge >= 0.3 is 0 Å². The Labute approximate surface area is 68.5 Å². The molecule has 1 aromatic heterocycles. The van der Waals surface area contributed by atoms with E-state index in [1.165, 1.54) is 5.01 Å². The summed E-state index contributed by atoms with van der Waals surface area (Å²) in [4.78, 5) is 0. The van der Waals surface area contributed by atoms with E-state index in [1.54, 1.807) is 0 Å². The van der Waals surface area contributed by atoms with Crippen LogP contribution in [0.4, 0.5) is 5.82 Å². The molecule has 0 amide bonds. The van der Waals surface area contributed by atoms with Gasteiger partial charge in [-0.15, -0.1) is 11.5 Å². The maximum Gasteiger partial charge on any atom is 0.201 e. The number of anilines is 1. The number of aromatic amines is 2. The van der Waals surface area contributed by atoms with Crippen LogP contribution in [-0.2, 0) is 0 Å². The van der Waals surface area contributed by atoms with Crippen LogP contribution in [0.1, 0.15) is 0 Å². The second kappa shape index (κ2) is 3.18. The van der Waals surface area contributed by atoms with Gasteiger partial charge in [-0.25, -0.2) is 11.1 Å². The number of H-pyrrole nitrogens is 2. The van der Waals surface area contributed by atoms with Gasteiger partial charge in [-0.3, -0.25) is 10.1 Å². The van der Waals surface area contributed by atoms with E-state index < -0.39 is 0 Å². The fourth-order valence-corrected chi connectivity index (χ4v) is 0.815. The van der Waals surface area contributed by atoms with Crippen LogP contribution in [0.5, 0.6) is 0 Å². The molecule has 0 aromatic carbocycles. The largest absolute Gasteiger partial charge is 0.279 e. The third kappa shape index (κ3) is 1.58. The molecule has 0 radical (unpaired) electrons. The average Bonchev–Trinajstić information content (AvgIpc) is 2.36. The van der Waals surface area contributed by atoms with Crippen LogP contribution in [0.3, 0.4) is 0 Å². The third-order valence-electron chi connectivity index (χ3n) is 1.07. The van der Waals surface area contributed by atoms with E-state index in [0.29, 0.717) is 10.5 Å².